The molecule has 1 aromatic carbocycles. The predicted octanol–water partition coefficient (Wildman–Crippen LogP) is 3.10. The number of hydrogen-bond acceptors (Lipinski definition) is 2. The van der Waals surface area contributed by atoms with Crippen LogP contribution in [0.3, 0.4) is 0 Å². The second kappa shape index (κ2) is 7.01. The van der Waals surface area contributed by atoms with Crippen LogP contribution in [0.2, 0.25) is 0 Å². The number of benzene rings is 1. The molecule has 19 heavy (non-hydrogen) atoms. The molecule has 0 aliphatic carbocycles. The topological polar surface area (TPSA) is 15.3 Å². The molecular formula is C16H25FN2. The van der Waals surface area contributed by atoms with Gasteiger partial charge in [-0.25, -0.2) is 4.39 Å². The molecule has 1 fully saturated rings. The van der Waals surface area contributed by atoms with Crippen molar-refractivity contribution in [3.8, 4) is 0 Å². The minimum atomic E-state index is -0.133. The van der Waals surface area contributed by atoms with Crippen LogP contribution in [0.25, 0.3) is 0 Å². The number of likely N-dealkylation sites (tertiary alicyclic amines) is 1. The highest BCUT2D eigenvalue weighted by Crippen LogP contribution is 2.23. The van der Waals surface area contributed by atoms with Gasteiger partial charge in [-0.1, -0.05) is 12.5 Å². The molecule has 1 unspecified atom stereocenters. The second-order valence-electron chi connectivity index (χ2n) is 5.58. The van der Waals surface area contributed by atoms with Gasteiger partial charge in [-0.15, -0.1) is 0 Å². The van der Waals surface area contributed by atoms with Gasteiger partial charge in [0.25, 0.3) is 0 Å². The summed E-state index contributed by atoms with van der Waals surface area (Å²) in [4.78, 5) is 2.57. The summed E-state index contributed by atoms with van der Waals surface area (Å²) in [7, 11) is 2.01. The van der Waals surface area contributed by atoms with E-state index in [-0.39, 0.29) is 5.82 Å². The fourth-order valence-corrected chi connectivity index (χ4v) is 2.96. The van der Waals surface area contributed by atoms with Crippen molar-refractivity contribution in [3.63, 3.8) is 0 Å². The van der Waals surface area contributed by atoms with Gasteiger partial charge in [-0.05, 0) is 69.6 Å². The Balaban J connectivity index is 2.02. The van der Waals surface area contributed by atoms with Gasteiger partial charge in [0.15, 0.2) is 0 Å². The third-order valence-corrected chi connectivity index (χ3v) is 4.15. The van der Waals surface area contributed by atoms with Crippen molar-refractivity contribution in [3.05, 3.63) is 35.1 Å². The van der Waals surface area contributed by atoms with E-state index in [1.807, 2.05) is 20.0 Å². The van der Waals surface area contributed by atoms with Gasteiger partial charge >= 0.3 is 0 Å². The molecule has 1 heterocycles. The van der Waals surface area contributed by atoms with E-state index < -0.39 is 0 Å². The highest BCUT2D eigenvalue weighted by molar-refractivity contribution is 5.26. The van der Waals surface area contributed by atoms with Crippen molar-refractivity contribution in [2.24, 2.45) is 0 Å². The maximum atomic E-state index is 13.1. The third kappa shape index (κ3) is 4.02. The average Bonchev–Trinajstić information content (AvgIpc) is 2.41. The first kappa shape index (κ1) is 14.5. The molecular weight excluding hydrogens is 239 g/mol. The van der Waals surface area contributed by atoms with Crippen LogP contribution in [0.4, 0.5) is 4.39 Å². The molecule has 0 bridgehead atoms. The van der Waals surface area contributed by atoms with Crippen LogP contribution in [0, 0.1) is 12.7 Å². The summed E-state index contributed by atoms with van der Waals surface area (Å²) in [5.74, 6) is -0.133. The minimum absolute atomic E-state index is 0.133. The SMILES string of the molecule is CNCCC1CCCCN1Cc1ccc(F)cc1C. The first-order valence-electron chi connectivity index (χ1n) is 7.34. The number of piperidine rings is 1. The highest BCUT2D eigenvalue weighted by atomic mass is 19.1. The Labute approximate surface area is 116 Å². The quantitative estimate of drug-likeness (QED) is 0.879. The molecule has 0 radical (unpaired) electrons. The molecule has 2 rings (SSSR count). The first-order chi connectivity index (χ1) is 9.20. The Morgan fingerprint density at radius 2 is 2.21 bits per heavy atom. The fraction of sp³-hybridized carbons (Fsp3) is 0.625. The zero-order valence-corrected chi connectivity index (χ0v) is 12.1. The summed E-state index contributed by atoms with van der Waals surface area (Å²) in [6.45, 7) is 5.21. The van der Waals surface area contributed by atoms with E-state index in [1.54, 1.807) is 12.1 Å². The monoisotopic (exact) mass is 264 g/mol. The Morgan fingerprint density at radius 3 is 2.95 bits per heavy atom. The molecule has 1 aliphatic rings. The van der Waals surface area contributed by atoms with Crippen molar-refractivity contribution in [2.75, 3.05) is 20.1 Å². The summed E-state index contributed by atoms with van der Waals surface area (Å²) in [6, 6.07) is 5.83. The van der Waals surface area contributed by atoms with E-state index in [1.165, 1.54) is 37.8 Å². The number of nitrogens with zero attached hydrogens (tertiary/aromatic N) is 1. The number of nitrogens with one attached hydrogen (secondary N) is 1. The summed E-state index contributed by atoms with van der Waals surface area (Å²) in [6.07, 6.45) is 5.13. The van der Waals surface area contributed by atoms with Crippen LogP contribution in [0.15, 0.2) is 18.2 Å². The summed E-state index contributed by atoms with van der Waals surface area (Å²) < 4.78 is 13.1. The predicted molar refractivity (Wildman–Crippen MR) is 77.7 cm³/mol. The van der Waals surface area contributed by atoms with Crippen molar-refractivity contribution < 1.29 is 4.39 Å². The fourth-order valence-electron chi connectivity index (χ4n) is 2.96. The van der Waals surface area contributed by atoms with E-state index in [9.17, 15) is 4.39 Å². The van der Waals surface area contributed by atoms with Crippen molar-refractivity contribution in [2.45, 2.75) is 45.2 Å². The maximum absolute atomic E-state index is 13.1. The summed E-state index contributed by atoms with van der Waals surface area (Å²) in [5, 5.41) is 3.24. The minimum Gasteiger partial charge on any atom is -0.320 e. The lowest BCUT2D eigenvalue weighted by atomic mass is 9.97. The van der Waals surface area contributed by atoms with Crippen LogP contribution in [0.5, 0.6) is 0 Å². The van der Waals surface area contributed by atoms with Crippen molar-refractivity contribution in [1.82, 2.24) is 10.2 Å². The van der Waals surface area contributed by atoms with Crippen LogP contribution >= 0.6 is 0 Å². The standard InChI is InChI=1S/C16H25FN2/c1-13-11-15(17)7-6-14(13)12-19-10-4-3-5-16(19)8-9-18-2/h6-7,11,16,18H,3-5,8-10,12H2,1-2H3. The molecule has 106 valence electrons. The Morgan fingerprint density at radius 1 is 1.37 bits per heavy atom. The van der Waals surface area contributed by atoms with E-state index in [0.29, 0.717) is 6.04 Å². The van der Waals surface area contributed by atoms with Crippen molar-refractivity contribution in [1.29, 1.82) is 0 Å². The number of rotatable bonds is 5. The number of halogens is 1. The highest BCUT2D eigenvalue weighted by Gasteiger charge is 2.22. The molecule has 1 saturated heterocycles. The normalized spacial score (nSPS) is 20.7. The van der Waals surface area contributed by atoms with E-state index in [4.69, 9.17) is 0 Å². The lowest BCUT2D eigenvalue weighted by molar-refractivity contribution is 0.132. The van der Waals surface area contributed by atoms with Gasteiger partial charge in [0.1, 0.15) is 5.82 Å². The lowest BCUT2D eigenvalue weighted by Gasteiger charge is -2.36. The molecule has 1 aliphatic heterocycles. The van der Waals surface area contributed by atoms with Crippen LogP contribution in [-0.2, 0) is 6.54 Å². The van der Waals surface area contributed by atoms with Gasteiger partial charge in [-0.2, -0.15) is 0 Å². The van der Waals surface area contributed by atoms with Gasteiger partial charge in [-0.3, -0.25) is 4.90 Å². The molecule has 1 atom stereocenters. The first-order valence-corrected chi connectivity index (χ1v) is 7.34. The molecule has 0 saturated carbocycles. The Kier molecular flexibility index (Phi) is 5.34. The zero-order valence-electron chi connectivity index (χ0n) is 12.1. The molecule has 0 aromatic heterocycles. The smallest absolute Gasteiger partial charge is 0.123 e. The van der Waals surface area contributed by atoms with E-state index in [0.717, 1.165) is 18.7 Å². The molecule has 0 amide bonds. The van der Waals surface area contributed by atoms with Gasteiger partial charge in [0.2, 0.25) is 0 Å². The average molecular weight is 264 g/mol. The van der Waals surface area contributed by atoms with Crippen LogP contribution in [0.1, 0.15) is 36.8 Å². The number of hydrogen-bond donors (Lipinski definition) is 1. The van der Waals surface area contributed by atoms with Crippen LogP contribution < -0.4 is 5.32 Å². The lowest BCUT2D eigenvalue weighted by Crippen LogP contribution is -2.40. The van der Waals surface area contributed by atoms with Crippen molar-refractivity contribution >= 4 is 0 Å². The zero-order chi connectivity index (χ0) is 13.7. The second-order valence-corrected chi connectivity index (χ2v) is 5.58. The van der Waals surface area contributed by atoms with E-state index >= 15 is 0 Å². The Hall–Kier alpha value is -0.930. The summed E-state index contributed by atoms with van der Waals surface area (Å²) >= 11 is 0. The van der Waals surface area contributed by atoms with Gasteiger partial charge < -0.3 is 5.32 Å². The summed E-state index contributed by atoms with van der Waals surface area (Å²) in [5.41, 5.74) is 2.33. The molecule has 3 heteroatoms. The van der Waals surface area contributed by atoms with E-state index in [2.05, 4.69) is 10.2 Å². The molecule has 2 nitrogen and oxygen atoms in total. The van der Waals surface area contributed by atoms with Gasteiger partial charge in [0, 0.05) is 12.6 Å². The molecule has 1 N–H and O–H groups in total. The number of aryl methyl sites for hydroxylation is 1. The van der Waals surface area contributed by atoms with Gasteiger partial charge in [0.05, 0.1) is 0 Å². The van der Waals surface area contributed by atoms with Crippen LogP contribution in [-0.4, -0.2) is 31.1 Å². The Bertz CT molecular complexity index is 406. The maximum Gasteiger partial charge on any atom is 0.123 e. The largest absolute Gasteiger partial charge is 0.320 e. The molecule has 0 spiro atoms. The third-order valence-electron chi connectivity index (χ3n) is 4.15. The molecule has 1 aromatic rings.